The van der Waals surface area contributed by atoms with Crippen LogP contribution in [-0.4, -0.2) is 19.8 Å². The topological polar surface area (TPSA) is 42.2 Å². The fraction of sp³-hybridized carbons (Fsp3) is 0.500. The number of nitrogens with zero attached hydrogens (tertiary/aromatic N) is 1. The lowest BCUT2D eigenvalue weighted by Crippen LogP contribution is -2.25. The van der Waals surface area contributed by atoms with E-state index in [2.05, 4.69) is 13.0 Å². The Labute approximate surface area is 102 Å². The van der Waals surface area contributed by atoms with Crippen molar-refractivity contribution in [2.24, 2.45) is 5.41 Å². The molecule has 1 aromatic carbocycles. The van der Waals surface area contributed by atoms with E-state index in [1.54, 1.807) is 6.07 Å². The second-order valence-electron chi connectivity index (χ2n) is 4.99. The molecule has 0 bridgehead atoms. The van der Waals surface area contributed by atoms with Crippen LogP contribution in [0.3, 0.4) is 0 Å². The summed E-state index contributed by atoms with van der Waals surface area (Å²) in [6, 6.07) is 7.63. The minimum atomic E-state index is 0.125. The Kier molecular flexibility index (Phi) is 3.35. The predicted octanol–water partition coefficient (Wildman–Crippen LogP) is 2.67. The first-order chi connectivity index (χ1) is 8.13. The third-order valence-corrected chi connectivity index (χ3v) is 3.18. The van der Waals surface area contributed by atoms with Crippen LogP contribution in [0.1, 0.15) is 24.5 Å². The molecule has 1 saturated heterocycles. The van der Waals surface area contributed by atoms with Gasteiger partial charge in [-0.3, -0.25) is 0 Å². The molecule has 90 valence electrons. The van der Waals surface area contributed by atoms with Gasteiger partial charge in [-0.2, -0.15) is 5.26 Å². The van der Waals surface area contributed by atoms with Crippen LogP contribution in [0.2, 0.25) is 0 Å². The van der Waals surface area contributed by atoms with E-state index >= 15 is 0 Å². The van der Waals surface area contributed by atoms with Crippen LogP contribution in [-0.2, 0) is 4.74 Å². The normalized spacial score (nSPS) is 23.4. The molecule has 2 rings (SSSR count). The lowest BCUT2D eigenvalue weighted by atomic mass is 9.91. The molecule has 0 aliphatic carbocycles. The van der Waals surface area contributed by atoms with E-state index in [0.717, 1.165) is 30.9 Å². The molecule has 1 atom stereocenters. The molecule has 3 nitrogen and oxygen atoms in total. The van der Waals surface area contributed by atoms with Gasteiger partial charge in [0.15, 0.2) is 0 Å². The first-order valence-electron chi connectivity index (χ1n) is 5.84. The molecule has 1 aromatic rings. The number of hydrogen-bond acceptors (Lipinski definition) is 3. The lowest BCUT2D eigenvalue weighted by molar-refractivity contribution is 0.117. The zero-order valence-electron chi connectivity index (χ0n) is 10.3. The molecule has 0 radical (unpaired) electrons. The molecule has 1 unspecified atom stereocenters. The standard InChI is InChI=1S/C14H17NO2/c1-11-7-12(8-15)3-4-13(11)17-10-14(2)5-6-16-9-14/h3-4,7H,5-6,9-10H2,1-2H3. The van der Waals surface area contributed by atoms with Crippen molar-refractivity contribution in [2.75, 3.05) is 19.8 Å². The minimum absolute atomic E-state index is 0.125. The zero-order chi connectivity index (χ0) is 12.3. The Morgan fingerprint density at radius 1 is 1.53 bits per heavy atom. The van der Waals surface area contributed by atoms with Gasteiger partial charge in [-0.25, -0.2) is 0 Å². The maximum atomic E-state index is 8.79. The highest BCUT2D eigenvalue weighted by Crippen LogP contribution is 2.29. The third-order valence-electron chi connectivity index (χ3n) is 3.18. The van der Waals surface area contributed by atoms with E-state index in [1.807, 2.05) is 19.1 Å². The van der Waals surface area contributed by atoms with E-state index in [0.29, 0.717) is 12.2 Å². The third kappa shape index (κ3) is 2.78. The van der Waals surface area contributed by atoms with Crippen LogP contribution in [0.15, 0.2) is 18.2 Å². The maximum Gasteiger partial charge on any atom is 0.122 e. The average molecular weight is 231 g/mol. The van der Waals surface area contributed by atoms with Crippen molar-refractivity contribution >= 4 is 0 Å². The van der Waals surface area contributed by atoms with Crippen molar-refractivity contribution in [3.05, 3.63) is 29.3 Å². The lowest BCUT2D eigenvalue weighted by Gasteiger charge is -2.22. The predicted molar refractivity (Wildman–Crippen MR) is 64.9 cm³/mol. The molecule has 1 aliphatic heterocycles. The van der Waals surface area contributed by atoms with Crippen LogP contribution in [0.5, 0.6) is 5.75 Å². The summed E-state index contributed by atoms with van der Waals surface area (Å²) in [6.45, 7) is 6.40. The van der Waals surface area contributed by atoms with E-state index < -0.39 is 0 Å². The maximum absolute atomic E-state index is 8.79. The first kappa shape index (κ1) is 11.9. The SMILES string of the molecule is Cc1cc(C#N)ccc1OCC1(C)CCOC1. The molecule has 0 spiro atoms. The van der Waals surface area contributed by atoms with Crippen LogP contribution in [0.25, 0.3) is 0 Å². The number of ether oxygens (including phenoxy) is 2. The van der Waals surface area contributed by atoms with E-state index in [-0.39, 0.29) is 5.41 Å². The molecular formula is C14H17NO2. The van der Waals surface area contributed by atoms with Crippen molar-refractivity contribution in [2.45, 2.75) is 20.3 Å². The van der Waals surface area contributed by atoms with Gasteiger partial charge in [0, 0.05) is 12.0 Å². The van der Waals surface area contributed by atoms with Gasteiger partial charge < -0.3 is 9.47 Å². The van der Waals surface area contributed by atoms with Crippen LogP contribution in [0.4, 0.5) is 0 Å². The summed E-state index contributed by atoms with van der Waals surface area (Å²) in [5, 5.41) is 8.79. The summed E-state index contributed by atoms with van der Waals surface area (Å²) >= 11 is 0. The summed E-state index contributed by atoms with van der Waals surface area (Å²) in [5.41, 5.74) is 1.80. The molecule has 0 amide bonds. The molecule has 3 heteroatoms. The van der Waals surface area contributed by atoms with Gasteiger partial charge in [-0.15, -0.1) is 0 Å². The van der Waals surface area contributed by atoms with Crippen molar-refractivity contribution in [1.29, 1.82) is 5.26 Å². The number of rotatable bonds is 3. The Hall–Kier alpha value is -1.53. The highest BCUT2D eigenvalue weighted by molar-refractivity contribution is 5.41. The van der Waals surface area contributed by atoms with Crippen LogP contribution >= 0.6 is 0 Å². The molecule has 1 fully saturated rings. The summed E-state index contributed by atoms with van der Waals surface area (Å²) in [6.07, 6.45) is 1.04. The van der Waals surface area contributed by atoms with Crippen molar-refractivity contribution in [3.63, 3.8) is 0 Å². The van der Waals surface area contributed by atoms with Crippen LogP contribution in [0, 0.1) is 23.7 Å². The second-order valence-corrected chi connectivity index (χ2v) is 4.99. The van der Waals surface area contributed by atoms with Crippen molar-refractivity contribution in [3.8, 4) is 11.8 Å². The van der Waals surface area contributed by atoms with E-state index in [9.17, 15) is 0 Å². The minimum Gasteiger partial charge on any atom is -0.493 e. The monoisotopic (exact) mass is 231 g/mol. The van der Waals surface area contributed by atoms with Crippen LogP contribution < -0.4 is 4.74 Å². The molecular weight excluding hydrogens is 214 g/mol. The smallest absolute Gasteiger partial charge is 0.122 e. The largest absolute Gasteiger partial charge is 0.493 e. The number of benzene rings is 1. The average Bonchev–Trinajstić information content (AvgIpc) is 2.75. The fourth-order valence-corrected chi connectivity index (χ4v) is 1.96. The zero-order valence-corrected chi connectivity index (χ0v) is 10.3. The highest BCUT2D eigenvalue weighted by atomic mass is 16.5. The molecule has 1 aliphatic rings. The Balaban J connectivity index is 2.02. The second kappa shape index (κ2) is 4.77. The van der Waals surface area contributed by atoms with Gasteiger partial charge in [0.1, 0.15) is 5.75 Å². The van der Waals surface area contributed by atoms with Gasteiger partial charge in [0.05, 0.1) is 24.8 Å². The summed E-state index contributed by atoms with van der Waals surface area (Å²) in [4.78, 5) is 0. The Morgan fingerprint density at radius 2 is 2.35 bits per heavy atom. The summed E-state index contributed by atoms with van der Waals surface area (Å²) in [7, 11) is 0. The van der Waals surface area contributed by atoms with Crippen molar-refractivity contribution < 1.29 is 9.47 Å². The van der Waals surface area contributed by atoms with Gasteiger partial charge in [0.25, 0.3) is 0 Å². The Morgan fingerprint density at radius 3 is 2.94 bits per heavy atom. The first-order valence-corrected chi connectivity index (χ1v) is 5.84. The van der Waals surface area contributed by atoms with Gasteiger partial charge in [0.2, 0.25) is 0 Å². The van der Waals surface area contributed by atoms with E-state index in [1.165, 1.54) is 0 Å². The Bertz CT molecular complexity index is 442. The number of hydrogen-bond donors (Lipinski definition) is 0. The quantitative estimate of drug-likeness (QED) is 0.803. The molecule has 0 N–H and O–H groups in total. The highest BCUT2D eigenvalue weighted by Gasteiger charge is 2.30. The van der Waals surface area contributed by atoms with Gasteiger partial charge in [-0.1, -0.05) is 6.92 Å². The summed E-state index contributed by atoms with van der Waals surface area (Å²) < 4.78 is 11.2. The number of aryl methyl sites for hydroxylation is 1. The van der Waals surface area contributed by atoms with Crippen molar-refractivity contribution in [1.82, 2.24) is 0 Å². The van der Waals surface area contributed by atoms with Gasteiger partial charge in [-0.05, 0) is 37.1 Å². The fourth-order valence-electron chi connectivity index (χ4n) is 1.96. The van der Waals surface area contributed by atoms with E-state index in [4.69, 9.17) is 14.7 Å². The summed E-state index contributed by atoms with van der Waals surface area (Å²) in [5.74, 6) is 0.858. The number of nitriles is 1. The molecule has 1 heterocycles. The molecule has 17 heavy (non-hydrogen) atoms. The molecule has 0 aromatic heterocycles. The van der Waals surface area contributed by atoms with Gasteiger partial charge >= 0.3 is 0 Å². The molecule has 0 saturated carbocycles.